The Morgan fingerprint density at radius 1 is 1.35 bits per heavy atom. The van der Waals surface area contributed by atoms with Gasteiger partial charge in [-0.1, -0.05) is 20.3 Å². The molecule has 1 fully saturated rings. The van der Waals surface area contributed by atoms with Crippen molar-refractivity contribution >= 4 is 17.7 Å². The third-order valence-electron chi connectivity index (χ3n) is 3.34. The van der Waals surface area contributed by atoms with E-state index in [1.807, 2.05) is 32.5 Å². The molecule has 0 aliphatic heterocycles. The van der Waals surface area contributed by atoms with Crippen LogP contribution in [0.3, 0.4) is 0 Å². The van der Waals surface area contributed by atoms with Gasteiger partial charge in [-0.05, 0) is 39.0 Å². The Labute approximate surface area is 109 Å². The van der Waals surface area contributed by atoms with Gasteiger partial charge in [0.15, 0.2) is 0 Å². The van der Waals surface area contributed by atoms with Crippen LogP contribution in [0, 0.1) is 0 Å². The molecule has 0 aromatic carbocycles. The Balaban J connectivity index is 2.50. The average molecular weight is 258 g/mol. The smallest absolute Gasteiger partial charge is 0.239 e. The van der Waals surface area contributed by atoms with Crippen LogP contribution in [0.25, 0.3) is 0 Å². The van der Waals surface area contributed by atoms with Gasteiger partial charge in [-0.15, -0.1) is 0 Å². The molecular formula is C13H26N2OS. The molecule has 4 heteroatoms. The number of hydrogen-bond acceptors (Lipinski definition) is 3. The molecule has 100 valence electrons. The summed E-state index contributed by atoms with van der Waals surface area (Å²) in [6, 6.07) is 0.366. The van der Waals surface area contributed by atoms with Crippen LogP contribution in [0.5, 0.6) is 0 Å². The summed E-state index contributed by atoms with van der Waals surface area (Å²) in [4.78, 5) is 12.2. The highest BCUT2D eigenvalue weighted by Gasteiger charge is 2.33. The molecule has 1 aliphatic rings. The van der Waals surface area contributed by atoms with Gasteiger partial charge >= 0.3 is 0 Å². The molecule has 1 saturated carbocycles. The lowest BCUT2D eigenvalue weighted by atomic mass is 10.0. The van der Waals surface area contributed by atoms with Crippen molar-refractivity contribution < 1.29 is 4.79 Å². The van der Waals surface area contributed by atoms with Crippen molar-refractivity contribution in [2.75, 3.05) is 12.3 Å². The van der Waals surface area contributed by atoms with E-state index in [4.69, 9.17) is 0 Å². The highest BCUT2D eigenvalue weighted by Crippen LogP contribution is 2.30. The maximum Gasteiger partial charge on any atom is 0.239 e. The van der Waals surface area contributed by atoms with Gasteiger partial charge in [0.25, 0.3) is 0 Å². The Morgan fingerprint density at radius 2 is 2.06 bits per heavy atom. The zero-order chi connectivity index (χ0) is 12.9. The van der Waals surface area contributed by atoms with Gasteiger partial charge in [0, 0.05) is 11.3 Å². The fourth-order valence-corrected chi connectivity index (χ4v) is 3.57. The Bertz CT molecular complexity index is 256. The first-order valence-corrected chi connectivity index (χ1v) is 7.73. The zero-order valence-corrected chi connectivity index (χ0v) is 12.3. The number of rotatable bonds is 6. The molecule has 0 aromatic heterocycles. The average Bonchev–Trinajstić information content (AvgIpc) is 2.66. The number of carbonyl (C=O) groups is 1. The van der Waals surface area contributed by atoms with Gasteiger partial charge in [0.2, 0.25) is 5.91 Å². The van der Waals surface area contributed by atoms with E-state index in [1.165, 1.54) is 12.8 Å². The number of carbonyl (C=O) groups excluding carboxylic acids is 1. The van der Waals surface area contributed by atoms with Gasteiger partial charge in [-0.3, -0.25) is 4.79 Å². The van der Waals surface area contributed by atoms with E-state index in [1.54, 1.807) is 0 Å². The van der Waals surface area contributed by atoms with Crippen LogP contribution >= 0.6 is 11.8 Å². The first kappa shape index (κ1) is 14.8. The minimum Gasteiger partial charge on any atom is -0.351 e. The van der Waals surface area contributed by atoms with Gasteiger partial charge in [0.05, 0.1) is 5.54 Å². The van der Waals surface area contributed by atoms with E-state index in [2.05, 4.69) is 17.6 Å². The molecule has 1 amide bonds. The molecule has 0 bridgehead atoms. The van der Waals surface area contributed by atoms with E-state index in [0.717, 1.165) is 18.7 Å². The lowest BCUT2D eigenvalue weighted by Crippen LogP contribution is -2.55. The first-order chi connectivity index (χ1) is 8.01. The summed E-state index contributed by atoms with van der Waals surface area (Å²) in [6.45, 7) is 8.93. The summed E-state index contributed by atoms with van der Waals surface area (Å²) in [5.74, 6) is 1.26. The van der Waals surface area contributed by atoms with Crippen molar-refractivity contribution in [1.82, 2.24) is 10.6 Å². The number of amides is 1. The third kappa shape index (κ3) is 4.18. The van der Waals surface area contributed by atoms with Crippen molar-refractivity contribution in [2.45, 2.75) is 63.8 Å². The second-order valence-corrected chi connectivity index (χ2v) is 6.68. The summed E-state index contributed by atoms with van der Waals surface area (Å²) in [5.41, 5.74) is -0.460. The summed E-state index contributed by atoms with van der Waals surface area (Å²) in [6.07, 6.45) is 3.61. The van der Waals surface area contributed by atoms with Gasteiger partial charge < -0.3 is 10.6 Å². The molecule has 2 atom stereocenters. The van der Waals surface area contributed by atoms with E-state index in [0.29, 0.717) is 11.3 Å². The number of nitrogens with one attached hydrogen (secondary N) is 2. The minimum atomic E-state index is -0.460. The quantitative estimate of drug-likeness (QED) is 0.767. The molecule has 0 spiro atoms. The molecule has 0 radical (unpaired) electrons. The summed E-state index contributed by atoms with van der Waals surface area (Å²) < 4.78 is 0. The predicted molar refractivity (Wildman–Crippen MR) is 75.5 cm³/mol. The molecule has 2 unspecified atom stereocenters. The fraction of sp³-hybridized carbons (Fsp3) is 0.923. The molecular weight excluding hydrogens is 232 g/mol. The number of hydrogen-bond donors (Lipinski definition) is 2. The van der Waals surface area contributed by atoms with Crippen LogP contribution in [0.1, 0.15) is 47.0 Å². The summed E-state index contributed by atoms with van der Waals surface area (Å²) in [5, 5.41) is 7.05. The Morgan fingerprint density at radius 3 is 2.65 bits per heavy atom. The van der Waals surface area contributed by atoms with Crippen LogP contribution in [-0.4, -0.2) is 35.0 Å². The molecule has 1 rings (SSSR count). The fourth-order valence-electron chi connectivity index (χ4n) is 2.38. The van der Waals surface area contributed by atoms with Crippen LogP contribution in [0.15, 0.2) is 0 Å². The molecule has 2 N–H and O–H groups in total. The van der Waals surface area contributed by atoms with Crippen LogP contribution in [-0.2, 0) is 4.79 Å². The lowest BCUT2D eigenvalue weighted by Gasteiger charge is -2.28. The SMILES string of the molecule is CCNC(C)(C)C(=O)NC1CCCC1SCC. The highest BCUT2D eigenvalue weighted by molar-refractivity contribution is 7.99. The van der Waals surface area contributed by atoms with Crippen LogP contribution < -0.4 is 10.6 Å². The molecule has 1 aliphatic carbocycles. The maximum absolute atomic E-state index is 12.2. The monoisotopic (exact) mass is 258 g/mol. The summed E-state index contributed by atoms with van der Waals surface area (Å²) in [7, 11) is 0. The molecule has 0 aromatic rings. The van der Waals surface area contributed by atoms with Crippen molar-refractivity contribution in [3.63, 3.8) is 0 Å². The number of thioether (sulfide) groups is 1. The molecule has 17 heavy (non-hydrogen) atoms. The Kier molecular flexibility index (Phi) is 5.80. The topological polar surface area (TPSA) is 41.1 Å². The third-order valence-corrected chi connectivity index (χ3v) is 4.66. The van der Waals surface area contributed by atoms with Crippen LogP contribution in [0.2, 0.25) is 0 Å². The highest BCUT2D eigenvalue weighted by atomic mass is 32.2. The predicted octanol–water partition coefficient (Wildman–Crippen LogP) is 2.16. The summed E-state index contributed by atoms with van der Waals surface area (Å²) >= 11 is 1.98. The maximum atomic E-state index is 12.2. The molecule has 0 heterocycles. The normalized spacial score (nSPS) is 24.9. The van der Waals surface area contributed by atoms with E-state index >= 15 is 0 Å². The van der Waals surface area contributed by atoms with Gasteiger partial charge in [0.1, 0.15) is 0 Å². The lowest BCUT2D eigenvalue weighted by molar-refractivity contribution is -0.127. The first-order valence-electron chi connectivity index (χ1n) is 6.68. The minimum absolute atomic E-state index is 0.132. The largest absolute Gasteiger partial charge is 0.351 e. The standard InChI is InChI=1S/C13H26N2OS/c1-5-14-13(3,4)12(16)15-10-8-7-9-11(10)17-6-2/h10-11,14H,5-9H2,1-4H3,(H,15,16). The van der Waals surface area contributed by atoms with Crippen molar-refractivity contribution in [1.29, 1.82) is 0 Å². The van der Waals surface area contributed by atoms with Crippen molar-refractivity contribution in [3.8, 4) is 0 Å². The zero-order valence-electron chi connectivity index (χ0n) is 11.5. The van der Waals surface area contributed by atoms with Crippen LogP contribution in [0.4, 0.5) is 0 Å². The second kappa shape index (κ2) is 6.64. The number of likely N-dealkylation sites (N-methyl/N-ethyl adjacent to an activating group) is 1. The molecule has 0 saturated heterocycles. The van der Waals surface area contributed by atoms with E-state index in [-0.39, 0.29) is 5.91 Å². The van der Waals surface area contributed by atoms with Gasteiger partial charge in [-0.2, -0.15) is 11.8 Å². The Hall–Kier alpha value is -0.220. The van der Waals surface area contributed by atoms with Gasteiger partial charge in [-0.25, -0.2) is 0 Å². The van der Waals surface area contributed by atoms with E-state index < -0.39 is 5.54 Å². The molecule has 3 nitrogen and oxygen atoms in total. The second-order valence-electron chi connectivity index (χ2n) is 5.16. The van der Waals surface area contributed by atoms with Crippen molar-refractivity contribution in [2.24, 2.45) is 0 Å². The van der Waals surface area contributed by atoms with Crippen molar-refractivity contribution in [3.05, 3.63) is 0 Å². The van der Waals surface area contributed by atoms with E-state index in [9.17, 15) is 4.79 Å².